The van der Waals surface area contributed by atoms with Crippen LogP contribution in [-0.4, -0.2) is 93.9 Å². The number of aliphatic hydroxyl groups is 2. The molecule has 3 amide bonds. The number of likely N-dealkylation sites (N-methyl/N-ethyl adjacent to an activating group) is 1. The van der Waals surface area contributed by atoms with Crippen LogP contribution in [0.1, 0.15) is 85.5 Å². The molecule has 0 spiro atoms. The molecule has 2 aromatic carbocycles. The lowest BCUT2D eigenvalue weighted by Crippen LogP contribution is -2.59. The lowest BCUT2D eigenvalue weighted by Gasteiger charge is -2.37. The van der Waals surface area contributed by atoms with Crippen molar-refractivity contribution >= 4 is 53.0 Å². The summed E-state index contributed by atoms with van der Waals surface area (Å²) in [7, 11) is 1.62. The Labute approximate surface area is 315 Å². The van der Waals surface area contributed by atoms with E-state index in [2.05, 4.69) is 5.32 Å². The summed E-state index contributed by atoms with van der Waals surface area (Å²) in [6, 6.07) is 9.23. The number of hydrogen-bond acceptors (Lipinski definition) is 10. The highest BCUT2D eigenvalue weighted by atomic mass is 35.5. The first-order valence-electron chi connectivity index (χ1n) is 17.4. The van der Waals surface area contributed by atoms with Gasteiger partial charge in [-0.15, -0.1) is 0 Å². The number of benzene rings is 2. The SMILES string of the molecule is CN(C(=O)[C@@H]1CCCN1C(=O)[C@@H](NC(=O)C=Cc1ccc2c(c1)C(O)C(C(=O)OC(C)(C)C)(C(=O)OC(C)(C)C)O2)C(C)(C)CO)c1ccc(Cl)cc1. The molecule has 14 heteroatoms. The zero-order valence-electron chi connectivity index (χ0n) is 31.7. The van der Waals surface area contributed by atoms with E-state index in [1.165, 1.54) is 34.1 Å². The highest BCUT2D eigenvalue weighted by molar-refractivity contribution is 6.30. The van der Waals surface area contributed by atoms with Gasteiger partial charge in [0.25, 0.3) is 0 Å². The first-order chi connectivity index (χ1) is 24.5. The third-order valence-electron chi connectivity index (χ3n) is 8.90. The fourth-order valence-corrected chi connectivity index (χ4v) is 6.16. The van der Waals surface area contributed by atoms with Gasteiger partial charge in [-0.2, -0.15) is 0 Å². The monoisotopic (exact) mass is 755 g/mol. The number of aliphatic hydroxyl groups excluding tert-OH is 2. The van der Waals surface area contributed by atoms with Crippen molar-refractivity contribution in [3.05, 3.63) is 64.7 Å². The Morgan fingerprint density at radius 1 is 1.00 bits per heavy atom. The minimum atomic E-state index is -2.54. The number of rotatable bonds is 10. The number of likely N-dealkylation sites (tertiary alicyclic amines) is 1. The van der Waals surface area contributed by atoms with E-state index in [0.29, 0.717) is 35.7 Å². The number of halogens is 1. The van der Waals surface area contributed by atoms with Crippen LogP contribution < -0.4 is 15.0 Å². The van der Waals surface area contributed by atoms with Crippen LogP contribution in [0.3, 0.4) is 0 Å². The van der Waals surface area contributed by atoms with Gasteiger partial charge in [-0.3, -0.25) is 14.4 Å². The van der Waals surface area contributed by atoms with E-state index in [1.807, 2.05) is 0 Å². The molecule has 0 saturated carbocycles. The fraction of sp³-hybridized carbons (Fsp3) is 0.513. The van der Waals surface area contributed by atoms with Crippen molar-refractivity contribution in [2.24, 2.45) is 5.41 Å². The van der Waals surface area contributed by atoms with Gasteiger partial charge in [-0.25, -0.2) is 9.59 Å². The van der Waals surface area contributed by atoms with Gasteiger partial charge in [-0.1, -0.05) is 31.5 Å². The van der Waals surface area contributed by atoms with Crippen LogP contribution in [0.25, 0.3) is 6.08 Å². The molecule has 0 radical (unpaired) electrons. The Kier molecular flexibility index (Phi) is 12.1. The number of ether oxygens (including phenoxy) is 3. The Bertz CT molecular complexity index is 1730. The lowest BCUT2D eigenvalue weighted by molar-refractivity contribution is -0.200. The smallest absolute Gasteiger partial charge is 0.366 e. The number of fused-ring (bicyclic) bond motifs is 1. The number of nitrogens with zero attached hydrogens (tertiary/aromatic N) is 2. The number of carbonyl (C=O) groups is 5. The maximum Gasteiger partial charge on any atom is 0.366 e. The minimum absolute atomic E-state index is 0.0441. The van der Waals surface area contributed by atoms with Gasteiger partial charge in [0.05, 0.1) is 6.61 Å². The van der Waals surface area contributed by atoms with Crippen molar-refractivity contribution in [3.63, 3.8) is 0 Å². The van der Waals surface area contributed by atoms with Gasteiger partial charge in [-0.05, 0) is 102 Å². The molecule has 13 nitrogen and oxygen atoms in total. The van der Waals surface area contributed by atoms with Crippen LogP contribution in [0.4, 0.5) is 5.69 Å². The van der Waals surface area contributed by atoms with E-state index in [9.17, 15) is 34.2 Å². The molecule has 4 rings (SSSR count). The molecule has 3 atom stereocenters. The molecule has 0 aromatic heterocycles. The molecule has 288 valence electrons. The number of esters is 2. The third kappa shape index (κ3) is 9.20. The summed E-state index contributed by atoms with van der Waals surface area (Å²) in [6.45, 7) is 12.8. The molecule has 2 aromatic rings. The molecule has 0 aliphatic carbocycles. The maximum atomic E-state index is 14.1. The van der Waals surface area contributed by atoms with Crippen LogP contribution in [0, 0.1) is 5.41 Å². The summed E-state index contributed by atoms with van der Waals surface area (Å²) in [4.78, 5) is 70.8. The second kappa shape index (κ2) is 15.5. The molecule has 3 N–H and O–H groups in total. The van der Waals surface area contributed by atoms with Crippen LogP contribution in [0.15, 0.2) is 48.5 Å². The predicted molar refractivity (Wildman–Crippen MR) is 198 cm³/mol. The van der Waals surface area contributed by atoms with Gasteiger partial charge in [0.1, 0.15) is 35.1 Å². The van der Waals surface area contributed by atoms with Gasteiger partial charge in [0.15, 0.2) is 0 Å². The second-order valence-corrected chi connectivity index (χ2v) is 16.5. The van der Waals surface area contributed by atoms with Gasteiger partial charge < -0.3 is 39.5 Å². The van der Waals surface area contributed by atoms with Crippen molar-refractivity contribution < 1.29 is 48.4 Å². The summed E-state index contributed by atoms with van der Waals surface area (Å²) in [5.74, 6) is -3.68. The molecule has 1 fully saturated rings. The first kappa shape index (κ1) is 41.3. The van der Waals surface area contributed by atoms with Gasteiger partial charge in [0.2, 0.25) is 17.7 Å². The Balaban J connectivity index is 1.55. The zero-order chi connectivity index (χ0) is 39.7. The summed E-state index contributed by atoms with van der Waals surface area (Å²) in [5, 5.41) is 25.0. The van der Waals surface area contributed by atoms with E-state index < -0.39 is 70.8 Å². The number of carbonyl (C=O) groups excluding carboxylic acids is 5. The normalized spacial score (nSPS) is 18.9. The van der Waals surface area contributed by atoms with E-state index in [4.69, 9.17) is 25.8 Å². The quantitative estimate of drug-likeness (QED) is 0.180. The number of nitrogens with one attached hydrogen (secondary N) is 1. The average molecular weight is 756 g/mol. The summed E-state index contributed by atoms with van der Waals surface area (Å²) < 4.78 is 16.8. The molecular weight excluding hydrogens is 706 g/mol. The molecule has 1 saturated heterocycles. The third-order valence-corrected chi connectivity index (χ3v) is 9.16. The summed E-state index contributed by atoms with van der Waals surface area (Å²) in [6.07, 6.45) is 1.78. The van der Waals surface area contributed by atoms with Crippen LogP contribution in [0.2, 0.25) is 5.02 Å². The zero-order valence-corrected chi connectivity index (χ0v) is 32.4. The molecule has 2 aliphatic heterocycles. The van der Waals surface area contributed by atoms with Crippen molar-refractivity contribution in [2.45, 2.75) is 103 Å². The standard InChI is InChI=1S/C39H50ClN3O10/c1-36(2,3)52-34(49)39(35(50)53-37(4,5)6)31(46)26-21-23(12-18-28(26)51-39)13-19-29(45)41-30(38(7,8)22-44)33(48)43-20-10-11-27(43)32(47)42(9)25-16-14-24(40)15-17-25/h12-19,21,27,30-31,44,46H,10-11,20,22H2,1-9H3,(H,41,45)/t27-,30+,31?/m0/s1. The largest absolute Gasteiger partial charge is 0.461 e. The molecule has 1 unspecified atom stereocenters. The minimum Gasteiger partial charge on any atom is -0.461 e. The fourth-order valence-electron chi connectivity index (χ4n) is 6.04. The van der Waals surface area contributed by atoms with Crippen molar-refractivity contribution in [2.75, 3.05) is 25.1 Å². The van der Waals surface area contributed by atoms with Crippen molar-refractivity contribution in [1.29, 1.82) is 0 Å². The topological polar surface area (TPSA) is 172 Å². The Morgan fingerprint density at radius 2 is 1.58 bits per heavy atom. The average Bonchev–Trinajstić information content (AvgIpc) is 3.67. The van der Waals surface area contributed by atoms with Crippen molar-refractivity contribution in [3.8, 4) is 5.75 Å². The highest BCUT2D eigenvalue weighted by Gasteiger charge is 2.64. The molecule has 2 aliphatic rings. The lowest BCUT2D eigenvalue weighted by atomic mass is 9.84. The Morgan fingerprint density at radius 3 is 2.13 bits per heavy atom. The second-order valence-electron chi connectivity index (χ2n) is 16.0. The first-order valence-corrected chi connectivity index (χ1v) is 17.8. The molecular formula is C39H50ClN3O10. The van der Waals surface area contributed by atoms with Crippen LogP contribution >= 0.6 is 11.6 Å². The van der Waals surface area contributed by atoms with Crippen molar-refractivity contribution in [1.82, 2.24) is 10.2 Å². The van der Waals surface area contributed by atoms with E-state index in [-0.39, 0.29) is 17.2 Å². The Hall–Kier alpha value is -4.46. The van der Waals surface area contributed by atoms with Gasteiger partial charge in [0, 0.05) is 41.4 Å². The number of anilines is 1. The highest BCUT2D eigenvalue weighted by Crippen LogP contribution is 2.46. The van der Waals surface area contributed by atoms with Crippen LogP contribution in [0.5, 0.6) is 5.75 Å². The summed E-state index contributed by atoms with van der Waals surface area (Å²) in [5.41, 5.74) is -4.60. The molecule has 53 heavy (non-hydrogen) atoms. The predicted octanol–water partition coefficient (Wildman–Crippen LogP) is 4.36. The number of hydrogen-bond donors (Lipinski definition) is 3. The molecule has 0 bridgehead atoms. The number of amides is 3. The molecule has 2 heterocycles. The maximum absolute atomic E-state index is 14.1. The van der Waals surface area contributed by atoms with Crippen LogP contribution in [-0.2, 0) is 33.4 Å². The van der Waals surface area contributed by atoms with E-state index in [1.54, 1.807) is 92.8 Å². The summed E-state index contributed by atoms with van der Waals surface area (Å²) >= 11 is 6.01. The van der Waals surface area contributed by atoms with E-state index >= 15 is 0 Å². The van der Waals surface area contributed by atoms with Gasteiger partial charge >= 0.3 is 17.5 Å². The van der Waals surface area contributed by atoms with E-state index in [0.717, 1.165) is 0 Å².